The van der Waals surface area contributed by atoms with Crippen LogP contribution in [0.25, 0.3) is 0 Å². The third kappa shape index (κ3) is 8.85. The van der Waals surface area contributed by atoms with Gasteiger partial charge < -0.3 is 20.6 Å². The summed E-state index contributed by atoms with van der Waals surface area (Å²) in [6, 6.07) is 0. The highest BCUT2D eigenvalue weighted by molar-refractivity contribution is 14.0. The third-order valence-electron chi connectivity index (χ3n) is 4.68. The van der Waals surface area contributed by atoms with E-state index < -0.39 is 5.60 Å². The summed E-state index contributed by atoms with van der Waals surface area (Å²) in [5, 5.41) is 17.5. The summed E-state index contributed by atoms with van der Waals surface area (Å²) in [7, 11) is 0. The van der Waals surface area contributed by atoms with E-state index >= 15 is 0 Å². The lowest BCUT2D eigenvalue weighted by atomic mass is 9.93. The van der Waals surface area contributed by atoms with Crippen LogP contribution in [0.5, 0.6) is 0 Å². The van der Waals surface area contributed by atoms with Crippen LogP contribution in [0.2, 0.25) is 0 Å². The zero-order valence-corrected chi connectivity index (χ0v) is 18.4. The second-order valence-electron chi connectivity index (χ2n) is 6.85. The topological polar surface area (TPSA) is 59.9 Å². The van der Waals surface area contributed by atoms with E-state index in [1.807, 2.05) is 0 Å². The first kappa shape index (κ1) is 23.9. The summed E-state index contributed by atoms with van der Waals surface area (Å²) >= 11 is 0. The summed E-state index contributed by atoms with van der Waals surface area (Å²) < 4.78 is 0. The summed E-state index contributed by atoms with van der Waals surface area (Å²) in [4.78, 5) is 7.15. The molecule has 1 fully saturated rings. The molecule has 5 nitrogen and oxygen atoms in total. The van der Waals surface area contributed by atoms with E-state index in [0.29, 0.717) is 12.5 Å². The quantitative estimate of drug-likeness (QED) is 0.270. The van der Waals surface area contributed by atoms with Crippen molar-refractivity contribution < 1.29 is 5.11 Å². The molecule has 0 saturated carbocycles. The lowest BCUT2D eigenvalue weighted by molar-refractivity contribution is 0.0306. The Labute approximate surface area is 166 Å². The molecule has 1 atom stereocenters. The summed E-state index contributed by atoms with van der Waals surface area (Å²) in [6.07, 6.45) is 4.88. The van der Waals surface area contributed by atoms with E-state index in [9.17, 15) is 5.11 Å². The molecule has 144 valence electrons. The first-order valence-corrected chi connectivity index (χ1v) is 9.53. The van der Waals surface area contributed by atoms with Crippen LogP contribution in [0.3, 0.4) is 0 Å². The van der Waals surface area contributed by atoms with Crippen molar-refractivity contribution in [2.45, 2.75) is 65.4 Å². The van der Waals surface area contributed by atoms with Gasteiger partial charge in [-0.15, -0.1) is 24.0 Å². The SMILES string of the molecule is CCCC(O)(CCC)CN=C(NCC)NCC1CCN(CC)C1.I. The molecule has 1 heterocycles. The largest absolute Gasteiger partial charge is 0.388 e. The van der Waals surface area contributed by atoms with Crippen LogP contribution < -0.4 is 10.6 Å². The number of nitrogens with one attached hydrogen (secondary N) is 2. The Kier molecular flexibility index (Phi) is 13.1. The number of aliphatic imine (C=N–C) groups is 1. The monoisotopic (exact) mass is 454 g/mol. The lowest BCUT2D eigenvalue weighted by Gasteiger charge is -2.26. The van der Waals surface area contributed by atoms with Gasteiger partial charge in [-0.1, -0.05) is 33.6 Å². The van der Waals surface area contributed by atoms with Gasteiger partial charge in [0.15, 0.2) is 5.96 Å². The first-order valence-electron chi connectivity index (χ1n) is 9.53. The van der Waals surface area contributed by atoms with Gasteiger partial charge >= 0.3 is 0 Å². The summed E-state index contributed by atoms with van der Waals surface area (Å²) in [5.74, 6) is 1.54. The number of rotatable bonds is 10. The fourth-order valence-corrected chi connectivity index (χ4v) is 3.39. The van der Waals surface area contributed by atoms with Gasteiger partial charge in [0.05, 0.1) is 12.1 Å². The highest BCUT2D eigenvalue weighted by Crippen LogP contribution is 2.20. The minimum absolute atomic E-state index is 0. The van der Waals surface area contributed by atoms with E-state index in [2.05, 4.69) is 48.2 Å². The molecule has 1 aliphatic heterocycles. The Bertz CT molecular complexity index is 346. The van der Waals surface area contributed by atoms with Crippen LogP contribution in [0.4, 0.5) is 0 Å². The van der Waals surface area contributed by atoms with Crippen LogP contribution >= 0.6 is 24.0 Å². The van der Waals surface area contributed by atoms with Crippen molar-refractivity contribution in [3.05, 3.63) is 0 Å². The Morgan fingerprint density at radius 2 is 1.83 bits per heavy atom. The van der Waals surface area contributed by atoms with Crippen molar-refractivity contribution in [3.8, 4) is 0 Å². The Balaban J connectivity index is 0.00000529. The maximum Gasteiger partial charge on any atom is 0.191 e. The zero-order valence-electron chi connectivity index (χ0n) is 16.1. The van der Waals surface area contributed by atoms with Gasteiger partial charge in [-0.2, -0.15) is 0 Å². The van der Waals surface area contributed by atoms with Crippen molar-refractivity contribution in [2.75, 3.05) is 39.3 Å². The van der Waals surface area contributed by atoms with Gasteiger partial charge in [0, 0.05) is 19.6 Å². The number of aliphatic hydroxyl groups is 1. The first-order chi connectivity index (χ1) is 11.1. The van der Waals surface area contributed by atoms with Crippen molar-refractivity contribution in [1.82, 2.24) is 15.5 Å². The van der Waals surface area contributed by atoms with Crippen LogP contribution in [-0.4, -0.2) is 60.8 Å². The second kappa shape index (κ2) is 13.2. The molecule has 0 spiro atoms. The van der Waals surface area contributed by atoms with Crippen molar-refractivity contribution in [3.63, 3.8) is 0 Å². The Morgan fingerprint density at radius 1 is 1.17 bits per heavy atom. The molecule has 0 aromatic rings. The van der Waals surface area contributed by atoms with Crippen molar-refractivity contribution in [2.24, 2.45) is 10.9 Å². The summed E-state index contributed by atoms with van der Waals surface area (Å²) in [6.45, 7) is 14.4. The van der Waals surface area contributed by atoms with Gasteiger partial charge in [-0.3, -0.25) is 4.99 Å². The molecule has 6 heteroatoms. The molecule has 24 heavy (non-hydrogen) atoms. The van der Waals surface area contributed by atoms with Crippen LogP contribution in [0, 0.1) is 5.92 Å². The molecule has 1 aliphatic rings. The standard InChI is InChI=1S/C18H38N4O.HI/c1-5-10-18(23,11-6-2)15-21-17(19-7-3)20-13-16-9-12-22(8-4)14-16;/h16,23H,5-15H2,1-4H3,(H2,19,20,21);1H. The smallest absolute Gasteiger partial charge is 0.191 e. The molecule has 1 rings (SSSR count). The number of likely N-dealkylation sites (tertiary alicyclic amines) is 1. The average molecular weight is 454 g/mol. The van der Waals surface area contributed by atoms with E-state index in [1.165, 1.54) is 19.5 Å². The van der Waals surface area contributed by atoms with Crippen LogP contribution in [-0.2, 0) is 0 Å². The molecule has 0 amide bonds. The number of hydrogen-bond donors (Lipinski definition) is 3. The molecule has 0 aliphatic carbocycles. The fraction of sp³-hybridized carbons (Fsp3) is 0.944. The molecule has 0 radical (unpaired) electrons. The predicted octanol–water partition coefficient (Wildman–Crippen LogP) is 2.83. The van der Waals surface area contributed by atoms with Gasteiger partial charge in [0.1, 0.15) is 0 Å². The maximum atomic E-state index is 10.7. The highest BCUT2D eigenvalue weighted by Gasteiger charge is 2.25. The second-order valence-corrected chi connectivity index (χ2v) is 6.85. The Hall–Kier alpha value is -0.0800. The van der Waals surface area contributed by atoms with Gasteiger partial charge in [0.2, 0.25) is 0 Å². The van der Waals surface area contributed by atoms with E-state index in [4.69, 9.17) is 0 Å². The van der Waals surface area contributed by atoms with Gasteiger partial charge in [0.25, 0.3) is 0 Å². The molecule has 1 saturated heterocycles. The van der Waals surface area contributed by atoms with Crippen LogP contribution in [0.1, 0.15) is 59.8 Å². The minimum atomic E-state index is -0.655. The number of hydrogen-bond acceptors (Lipinski definition) is 3. The van der Waals surface area contributed by atoms with Gasteiger partial charge in [-0.25, -0.2) is 0 Å². The molecule has 0 aromatic carbocycles. The minimum Gasteiger partial charge on any atom is -0.388 e. The van der Waals surface area contributed by atoms with Crippen molar-refractivity contribution >= 4 is 29.9 Å². The van der Waals surface area contributed by atoms with E-state index in [1.54, 1.807) is 0 Å². The number of nitrogens with zero attached hydrogens (tertiary/aromatic N) is 2. The average Bonchev–Trinajstić information content (AvgIpc) is 2.99. The van der Waals surface area contributed by atoms with E-state index in [0.717, 1.165) is 51.3 Å². The number of halogens is 1. The molecule has 3 N–H and O–H groups in total. The normalized spacial score (nSPS) is 19.2. The lowest BCUT2D eigenvalue weighted by Crippen LogP contribution is -2.42. The van der Waals surface area contributed by atoms with Crippen molar-refractivity contribution in [1.29, 1.82) is 0 Å². The molecular weight excluding hydrogens is 415 g/mol. The maximum absolute atomic E-state index is 10.7. The fourth-order valence-electron chi connectivity index (χ4n) is 3.39. The molecule has 0 aromatic heterocycles. The number of guanidine groups is 1. The highest BCUT2D eigenvalue weighted by atomic mass is 127. The van der Waals surface area contributed by atoms with E-state index in [-0.39, 0.29) is 24.0 Å². The Morgan fingerprint density at radius 3 is 2.33 bits per heavy atom. The zero-order chi connectivity index (χ0) is 17.1. The molecular formula is C18H39IN4O. The van der Waals surface area contributed by atoms with Gasteiger partial charge in [-0.05, 0) is 45.2 Å². The molecule has 0 bridgehead atoms. The third-order valence-corrected chi connectivity index (χ3v) is 4.68. The summed E-state index contributed by atoms with van der Waals surface area (Å²) in [5.41, 5.74) is -0.655. The van der Waals surface area contributed by atoms with Crippen LogP contribution in [0.15, 0.2) is 4.99 Å². The predicted molar refractivity (Wildman–Crippen MR) is 114 cm³/mol. The molecule has 1 unspecified atom stereocenters.